The first-order valence-corrected chi connectivity index (χ1v) is 13.3. The number of sulfone groups is 1. The van der Waals surface area contributed by atoms with Gasteiger partial charge in [0.15, 0.2) is 15.7 Å². The third kappa shape index (κ3) is 6.74. The topological polar surface area (TPSA) is 89.2 Å². The Bertz CT molecular complexity index is 1220. The molecule has 0 radical (unpaired) electrons. The van der Waals surface area contributed by atoms with Crippen LogP contribution in [0.25, 0.3) is 22.3 Å². The number of rotatable bonds is 3. The maximum atomic E-state index is 12.3. The molecule has 0 saturated carbocycles. The predicted molar refractivity (Wildman–Crippen MR) is 137 cm³/mol. The van der Waals surface area contributed by atoms with Crippen LogP contribution in [0.1, 0.15) is 46.1 Å². The quantitative estimate of drug-likeness (QED) is 0.583. The summed E-state index contributed by atoms with van der Waals surface area (Å²) < 4.78 is 24.6. The molecule has 1 saturated heterocycles. The number of nitrogens with two attached hydrogens (primary N) is 1. The van der Waals surface area contributed by atoms with Gasteiger partial charge in [-0.15, -0.1) is 0 Å². The number of nitrogens with zero attached hydrogens (tertiary/aromatic N) is 3. The van der Waals surface area contributed by atoms with Gasteiger partial charge in [-0.25, -0.2) is 18.4 Å². The van der Waals surface area contributed by atoms with Crippen molar-refractivity contribution in [1.82, 2.24) is 9.97 Å². The van der Waals surface area contributed by atoms with Gasteiger partial charge >= 0.3 is 0 Å². The van der Waals surface area contributed by atoms with Gasteiger partial charge in [0.05, 0.1) is 10.4 Å². The number of aryl methyl sites for hydroxylation is 1. The molecule has 1 aromatic heterocycles. The first-order valence-electron chi connectivity index (χ1n) is 11.4. The normalized spacial score (nSPS) is 15.3. The van der Waals surface area contributed by atoms with Gasteiger partial charge in [-0.2, -0.15) is 0 Å². The van der Waals surface area contributed by atoms with Crippen LogP contribution in [0.4, 0.5) is 5.82 Å². The molecule has 1 aliphatic heterocycles. The molecule has 0 amide bonds. The van der Waals surface area contributed by atoms with Crippen LogP contribution in [-0.2, 0) is 9.84 Å². The van der Waals surface area contributed by atoms with Gasteiger partial charge in [0.1, 0.15) is 5.82 Å². The van der Waals surface area contributed by atoms with Gasteiger partial charge in [0.2, 0.25) is 0 Å². The van der Waals surface area contributed by atoms with Gasteiger partial charge in [-0.1, -0.05) is 25.1 Å². The minimum Gasteiger partial charge on any atom is -0.356 e. The van der Waals surface area contributed by atoms with E-state index in [0.29, 0.717) is 11.4 Å². The van der Waals surface area contributed by atoms with Crippen molar-refractivity contribution in [3.8, 4) is 11.4 Å². The molecule has 1 fully saturated rings. The summed E-state index contributed by atoms with van der Waals surface area (Å²) >= 11 is 0. The zero-order valence-corrected chi connectivity index (χ0v) is 21.4. The van der Waals surface area contributed by atoms with E-state index in [1.165, 1.54) is 6.26 Å². The van der Waals surface area contributed by atoms with Crippen molar-refractivity contribution in [3.05, 3.63) is 48.0 Å². The van der Waals surface area contributed by atoms with Gasteiger partial charge in [-0.05, 0) is 76.3 Å². The Labute approximate surface area is 198 Å². The van der Waals surface area contributed by atoms with Crippen LogP contribution in [-0.4, -0.2) is 43.3 Å². The monoisotopic (exact) mass is 468 g/mol. The zero-order valence-electron chi connectivity index (χ0n) is 20.6. The van der Waals surface area contributed by atoms with Gasteiger partial charge < -0.3 is 10.6 Å². The summed E-state index contributed by atoms with van der Waals surface area (Å²) in [5, 5.41) is 1.01. The molecule has 4 rings (SSSR count). The van der Waals surface area contributed by atoms with Crippen molar-refractivity contribution in [2.45, 2.75) is 57.9 Å². The first-order chi connectivity index (χ1) is 15.3. The van der Waals surface area contributed by atoms with E-state index in [-0.39, 0.29) is 10.4 Å². The summed E-state index contributed by atoms with van der Waals surface area (Å²) in [6, 6.07) is 13.2. The number of piperidine rings is 1. The largest absolute Gasteiger partial charge is 0.356 e. The van der Waals surface area contributed by atoms with Crippen molar-refractivity contribution >= 4 is 26.6 Å². The number of hydrogen-bond acceptors (Lipinski definition) is 6. The number of anilines is 1. The van der Waals surface area contributed by atoms with E-state index < -0.39 is 9.84 Å². The Morgan fingerprint density at radius 2 is 1.64 bits per heavy atom. The zero-order chi connectivity index (χ0) is 24.4. The number of fused-ring (bicyclic) bond motifs is 1. The van der Waals surface area contributed by atoms with E-state index in [1.54, 1.807) is 18.2 Å². The fourth-order valence-corrected chi connectivity index (χ4v) is 4.66. The molecule has 0 bridgehead atoms. The summed E-state index contributed by atoms with van der Waals surface area (Å²) in [6.07, 6.45) is 3.49. The predicted octanol–water partition coefficient (Wildman–Crippen LogP) is 4.99. The van der Waals surface area contributed by atoms with E-state index in [4.69, 9.17) is 15.7 Å². The van der Waals surface area contributed by atoms with Crippen LogP contribution in [0, 0.1) is 12.8 Å². The number of aromatic nitrogens is 2. The van der Waals surface area contributed by atoms with Crippen LogP contribution in [0.15, 0.2) is 47.4 Å². The smallest absolute Gasteiger partial charge is 0.176 e. The van der Waals surface area contributed by atoms with E-state index in [0.717, 1.165) is 54.1 Å². The fourth-order valence-electron chi connectivity index (χ4n) is 3.78. The van der Waals surface area contributed by atoms with Crippen LogP contribution in [0.5, 0.6) is 0 Å². The lowest BCUT2D eigenvalue weighted by Crippen LogP contribution is -2.33. The van der Waals surface area contributed by atoms with E-state index in [2.05, 4.69) is 24.0 Å². The third-order valence-corrected chi connectivity index (χ3v) is 6.60. The summed E-state index contributed by atoms with van der Waals surface area (Å²) in [6.45, 7) is 12.1. The van der Waals surface area contributed by atoms with Crippen LogP contribution in [0.3, 0.4) is 0 Å². The first kappa shape index (κ1) is 25.1. The van der Waals surface area contributed by atoms with Crippen molar-refractivity contribution < 1.29 is 8.42 Å². The Kier molecular flexibility index (Phi) is 7.44. The van der Waals surface area contributed by atoms with Crippen LogP contribution >= 0.6 is 0 Å². The molecule has 2 heterocycles. The lowest BCUT2D eigenvalue weighted by molar-refractivity contribution is 0.437. The fraction of sp³-hybridized carbons (Fsp3) is 0.462. The highest BCUT2D eigenvalue weighted by Crippen LogP contribution is 2.32. The Morgan fingerprint density at radius 3 is 2.24 bits per heavy atom. The maximum absolute atomic E-state index is 12.3. The molecular formula is C26H36N4O2S. The molecule has 0 unspecified atom stereocenters. The second kappa shape index (κ2) is 9.77. The average Bonchev–Trinajstić information content (AvgIpc) is 2.71. The number of benzene rings is 2. The van der Waals surface area contributed by atoms with Crippen molar-refractivity contribution in [2.75, 3.05) is 24.2 Å². The van der Waals surface area contributed by atoms with E-state index in [9.17, 15) is 8.42 Å². The Hall–Kier alpha value is -2.51. The maximum Gasteiger partial charge on any atom is 0.176 e. The molecule has 2 aromatic carbocycles. The Morgan fingerprint density at radius 1 is 1.03 bits per heavy atom. The van der Waals surface area contributed by atoms with Crippen molar-refractivity contribution in [2.24, 2.45) is 11.7 Å². The molecule has 0 atom stereocenters. The molecule has 3 aromatic rings. The summed E-state index contributed by atoms with van der Waals surface area (Å²) in [5.74, 6) is 2.08. The molecule has 178 valence electrons. The lowest BCUT2D eigenvalue weighted by atomic mass is 9.99. The SMILES string of the molecule is CC(C)(C)N.Cc1ccc2c(N3CCC(C)CC3)nc(-c3ccccc3S(C)(=O)=O)nc2c1. The van der Waals surface area contributed by atoms with Crippen molar-refractivity contribution in [1.29, 1.82) is 0 Å². The van der Waals surface area contributed by atoms with E-state index in [1.807, 2.05) is 39.8 Å². The second-order valence-corrected chi connectivity index (χ2v) is 12.2. The van der Waals surface area contributed by atoms with Gasteiger partial charge in [-0.3, -0.25) is 0 Å². The Balaban J connectivity index is 0.000000555. The molecule has 2 N–H and O–H groups in total. The minimum atomic E-state index is -3.38. The average molecular weight is 469 g/mol. The molecule has 33 heavy (non-hydrogen) atoms. The molecule has 6 nitrogen and oxygen atoms in total. The molecule has 1 aliphatic rings. The summed E-state index contributed by atoms with van der Waals surface area (Å²) in [5.41, 5.74) is 7.88. The van der Waals surface area contributed by atoms with Crippen LogP contribution < -0.4 is 10.6 Å². The van der Waals surface area contributed by atoms with Crippen molar-refractivity contribution in [3.63, 3.8) is 0 Å². The molecule has 0 spiro atoms. The molecular weight excluding hydrogens is 432 g/mol. The van der Waals surface area contributed by atoms with Gasteiger partial charge in [0, 0.05) is 35.8 Å². The molecule has 7 heteroatoms. The summed E-state index contributed by atoms with van der Waals surface area (Å²) in [7, 11) is -3.38. The summed E-state index contributed by atoms with van der Waals surface area (Å²) in [4.78, 5) is 12.2. The minimum absolute atomic E-state index is 0. The highest BCUT2D eigenvalue weighted by atomic mass is 32.2. The standard InChI is InChI=1S/C22H25N3O2S.C4H11N/c1-15-10-12-25(13-11-15)22-17-9-8-16(2)14-19(17)23-21(24-22)18-6-4-5-7-20(18)28(3,26)27;1-4(2,3)5/h4-9,14-15H,10-13H2,1-3H3;5H2,1-3H3. The van der Waals surface area contributed by atoms with E-state index >= 15 is 0 Å². The second-order valence-electron chi connectivity index (χ2n) is 10.2. The van der Waals surface area contributed by atoms with Gasteiger partial charge in [0.25, 0.3) is 0 Å². The van der Waals surface area contributed by atoms with Crippen LogP contribution in [0.2, 0.25) is 0 Å². The highest BCUT2D eigenvalue weighted by Gasteiger charge is 2.22. The lowest BCUT2D eigenvalue weighted by Gasteiger charge is -2.32. The third-order valence-electron chi connectivity index (χ3n) is 5.44. The number of hydrogen-bond donors (Lipinski definition) is 1. The molecule has 0 aliphatic carbocycles. The highest BCUT2D eigenvalue weighted by molar-refractivity contribution is 7.90.